The van der Waals surface area contributed by atoms with Crippen LogP contribution in [0.3, 0.4) is 0 Å². The molecule has 0 aliphatic heterocycles. The third kappa shape index (κ3) is 19.2. The second kappa shape index (κ2) is 32.8. The van der Waals surface area contributed by atoms with Crippen LogP contribution >= 0.6 is 0 Å². The lowest BCUT2D eigenvalue weighted by Gasteiger charge is -2.17. The van der Waals surface area contributed by atoms with Crippen LogP contribution in [0.2, 0.25) is 0 Å². The van der Waals surface area contributed by atoms with Gasteiger partial charge in [0.05, 0.1) is 16.7 Å². The molecule has 0 aromatic heterocycles. The monoisotopic (exact) mass is 1420 g/mol. The smallest absolute Gasteiger partial charge is 0.355 e. The second-order valence-electron chi connectivity index (χ2n) is 24.8. The Hall–Kier alpha value is -11.9. The predicted octanol–water partition coefficient (Wildman–Crippen LogP) is 20.5. The van der Waals surface area contributed by atoms with Gasteiger partial charge < -0.3 is 31.9 Å². The minimum absolute atomic E-state index is 0.0553. The summed E-state index contributed by atoms with van der Waals surface area (Å²) in [6, 6.07) is 61.8. The third-order valence-electron chi connectivity index (χ3n) is 17.0. The quantitative estimate of drug-likeness (QED) is 0.0561. The Labute approximate surface area is 596 Å². The van der Waals surface area contributed by atoms with Crippen molar-refractivity contribution in [2.75, 3.05) is 37.1 Å². The Balaban J connectivity index is 0.000000182. The van der Waals surface area contributed by atoms with Gasteiger partial charge in [-0.2, -0.15) is 39.5 Å². The normalized spacial score (nSPS) is 11.2. The van der Waals surface area contributed by atoms with Crippen molar-refractivity contribution in [3.05, 3.63) is 314 Å². The van der Waals surface area contributed by atoms with E-state index in [1.807, 2.05) is 45.0 Å². The second-order valence-corrected chi connectivity index (χ2v) is 24.8. The number of anilines is 3. The molecule has 0 saturated carbocycles. The van der Waals surface area contributed by atoms with E-state index in [1.54, 1.807) is 194 Å². The molecule has 11 nitrogen and oxygen atoms in total. The highest BCUT2D eigenvalue weighted by Gasteiger charge is 2.37. The summed E-state index contributed by atoms with van der Waals surface area (Å²) in [5.74, 6) is -1.87. The maximum atomic E-state index is 13.9. The summed E-state index contributed by atoms with van der Waals surface area (Å²) >= 11 is 0. The van der Waals surface area contributed by atoms with Crippen LogP contribution in [0, 0.1) is 41.5 Å². The van der Waals surface area contributed by atoms with Gasteiger partial charge in [0.15, 0.2) is 0 Å². The number of carbonyl (C=O) groups is 5. The maximum Gasteiger partial charge on any atom is 0.417 e. The van der Waals surface area contributed by atoms with E-state index in [4.69, 9.17) is 0 Å². The van der Waals surface area contributed by atoms with E-state index >= 15 is 0 Å². The molecule has 0 aliphatic carbocycles. The number of amides is 5. The van der Waals surface area contributed by atoms with Gasteiger partial charge in [0, 0.05) is 65.5 Å². The molecule has 0 spiro atoms. The first-order valence-electron chi connectivity index (χ1n) is 32.7. The molecular weight excluding hydrogens is 1340 g/mol. The largest absolute Gasteiger partial charge is 0.417 e. The Bertz CT molecular complexity index is 4750. The van der Waals surface area contributed by atoms with Crippen molar-refractivity contribution in [2.24, 2.45) is 0 Å². The number of hydrogen-bond donors (Lipinski definition) is 6. The fraction of sp³-hybridized carbons (Fsp3) is 0.155. The predicted molar refractivity (Wildman–Crippen MR) is 393 cm³/mol. The topological polar surface area (TPSA) is 158 Å². The van der Waals surface area contributed by atoms with Crippen LogP contribution in [-0.4, -0.2) is 50.7 Å². The average Bonchev–Trinajstić information content (AvgIpc) is 0.795. The van der Waals surface area contributed by atoms with Gasteiger partial charge >= 0.3 is 18.5 Å². The number of rotatable bonds is 15. The van der Waals surface area contributed by atoms with Crippen molar-refractivity contribution < 1.29 is 63.5 Å². The van der Waals surface area contributed by atoms with Gasteiger partial charge in [-0.3, -0.25) is 24.0 Å². The van der Waals surface area contributed by atoms with Crippen LogP contribution in [0.1, 0.15) is 107 Å². The summed E-state index contributed by atoms with van der Waals surface area (Å²) in [5, 5.41) is 15.9. The fourth-order valence-electron chi connectivity index (χ4n) is 11.8. The fourth-order valence-corrected chi connectivity index (χ4v) is 11.8. The Morgan fingerprint density at radius 2 is 0.558 bits per heavy atom. The zero-order chi connectivity index (χ0) is 75.4. The molecule has 11 rings (SSSR count). The highest BCUT2D eigenvalue weighted by atomic mass is 19.4. The Kier molecular flexibility index (Phi) is 24.1. The number of hydrogen-bond acceptors (Lipinski definition) is 6. The van der Waals surface area contributed by atoms with Gasteiger partial charge in [-0.05, 0) is 224 Å². The minimum atomic E-state index is -4.59. The number of nitrogens with one attached hydrogen (secondary N) is 6. The van der Waals surface area contributed by atoms with Crippen LogP contribution in [0.5, 0.6) is 0 Å². The van der Waals surface area contributed by atoms with Crippen molar-refractivity contribution in [3.63, 3.8) is 0 Å². The number of benzene rings is 11. The van der Waals surface area contributed by atoms with Gasteiger partial charge in [-0.1, -0.05) is 150 Å². The molecule has 11 aromatic rings. The molecule has 6 N–H and O–H groups in total. The SMILES string of the molecule is CNC(=O)c1ccc(-c2ccc(C(=O)Nc3ccc(-c4ccc(C)cc4C)c(C(F)(F)F)c3)cc2)cc1.CNC(=O)c1ccc(-c2ccc(C(=O)Nc3ccc(-c4ccc(C)cc4C)c(C(F)(F)F)c3)cc2)cc1.CNCc1cccc(C(=O)Nc2ccc(-c3ccc(C)cc3C)c(C(F)(F)F)c2)c1. The number of halogens is 9. The first kappa shape index (κ1) is 76.3. The van der Waals surface area contributed by atoms with Gasteiger partial charge in [0.2, 0.25) is 0 Å². The highest BCUT2D eigenvalue weighted by molar-refractivity contribution is 6.06. The van der Waals surface area contributed by atoms with Crippen molar-refractivity contribution in [3.8, 4) is 55.6 Å². The lowest BCUT2D eigenvalue weighted by Crippen LogP contribution is -2.17. The molecule has 0 bridgehead atoms. The summed E-state index contributed by atoms with van der Waals surface area (Å²) in [4.78, 5) is 61.5. The molecule has 0 heterocycles. The third-order valence-corrected chi connectivity index (χ3v) is 17.0. The van der Waals surface area contributed by atoms with Gasteiger partial charge in [0.1, 0.15) is 0 Å². The zero-order valence-electron chi connectivity index (χ0n) is 58.1. The maximum absolute atomic E-state index is 13.9. The van der Waals surface area contributed by atoms with Crippen LogP contribution < -0.4 is 31.9 Å². The molecular formula is C84H73F9N6O5. The molecule has 0 aliphatic rings. The van der Waals surface area contributed by atoms with E-state index in [0.29, 0.717) is 51.1 Å². The zero-order valence-corrected chi connectivity index (χ0v) is 58.1. The molecule has 20 heteroatoms. The molecule has 0 radical (unpaired) electrons. The Morgan fingerprint density at radius 1 is 0.288 bits per heavy atom. The molecule has 0 unspecified atom stereocenters. The minimum Gasteiger partial charge on any atom is -0.355 e. The lowest BCUT2D eigenvalue weighted by molar-refractivity contribution is -0.137. The molecule has 5 amide bonds. The van der Waals surface area contributed by atoms with Gasteiger partial charge in [-0.15, -0.1) is 0 Å². The van der Waals surface area contributed by atoms with E-state index in [0.717, 1.165) is 79.4 Å². The summed E-state index contributed by atoms with van der Waals surface area (Å²) in [5.41, 5.74) is 11.0. The van der Waals surface area contributed by atoms with Gasteiger partial charge in [-0.25, -0.2) is 0 Å². The first-order chi connectivity index (χ1) is 49.3. The summed E-state index contributed by atoms with van der Waals surface area (Å²) in [6.45, 7) is 11.6. The number of carbonyl (C=O) groups excluding carboxylic acids is 5. The van der Waals surface area contributed by atoms with Gasteiger partial charge in [0.25, 0.3) is 29.5 Å². The van der Waals surface area contributed by atoms with E-state index in [-0.39, 0.29) is 45.6 Å². The molecule has 0 saturated heterocycles. The van der Waals surface area contributed by atoms with E-state index in [1.165, 1.54) is 36.4 Å². The van der Waals surface area contributed by atoms with Crippen molar-refractivity contribution in [1.82, 2.24) is 16.0 Å². The molecule has 0 atom stereocenters. The van der Waals surface area contributed by atoms with Crippen LogP contribution in [-0.2, 0) is 25.1 Å². The average molecular weight is 1420 g/mol. The summed E-state index contributed by atoms with van der Waals surface area (Å²) in [7, 11) is 4.91. The van der Waals surface area contributed by atoms with Crippen LogP contribution in [0.25, 0.3) is 55.6 Å². The molecule has 11 aromatic carbocycles. The summed E-state index contributed by atoms with van der Waals surface area (Å²) in [6.07, 6.45) is -13.7. The highest BCUT2D eigenvalue weighted by Crippen LogP contribution is 2.43. The van der Waals surface area contributed by atoms with Crippen LogP contribution in [0.15, 0.2) is 231 Å². The Morgan fingerprint density at radius 3 is 0.817 bits per heavy atom. The standard InChI is InChI=1S/2C30H25F3N2O2.C24H23F3N2O/c2*1-18-4-14-25(19(2)16-18)26-15-13-24(17-27(26)30(31,32)33)35-29(37)23-11-7-21(8-12-23)20-5-9-22(10-6-20)28(36)34-3;1-15-7-9-20(16(2)11-15)21-10-8-19(13-22(21)24(25,26)27)29-23(30)18-6-4-5-17(12-18)14-28-3/h2*4-17H,1-3H3,(H,34,36)(H,35,37);4-13,28H,14H2,1-3H3,(H,29,30). The van der Waals surface area contributed by atoms with E-state index in [9.17, 15) is 63.5 Å². The van der Waals surface area contributed by atoms with Crippen molar-refractivity contribution in [1.29, 1.82) is 0 Å². The van der Waals surface area contributed by atoms with Crippen LogP contribution in [0.4, 0.5) is 56.6 Å². The van der Waals surface area contributed by atoms with E-state index in [2.05, 4.69) is 31.9 Å². The van der Waals surface area contributed by atoms with Crippen molar-refractivity contribution >= 4 is 46.6 Å². The van der Waals surface area contributed by atoms with Crippen molar-refractivity contribution in [2.45, 2.75) is 66.6 Å². The summed E-state index contributed by atoms with van der Waals surface area (Å²) < 4.78 is 125. The lowest BCUT2D eigenvalue weighted by atomic mass is 9.94. The first-order valence-corrected chi connectivity index (χ1v) is 32.7. The molecule has 532 valence electrons. The number of alkyl halides is 9. The van der Waals surface area contributed by atoms with E-state index < -0.39 is 52.9 Å². The molecule has 0 fully saturated rings. The number of aryl methyl sites for hydroxylation is 6. The molecule has 104 heavy (non-hydrogen) atoms.